The fraction of sp³-hybridized carbons (Fsp3) is 0.125. The minimum absolute atomic E-state index is 0.154. The molecule has 0 aliphatic carbocycles. The van der Waals surface area contributed by atoms with Gasteiger partial charge in [-0.3, -0.25) is 9.36 Å². The zero-order chi connectivity index (χ0) is 22.5. The maximum absolute atomic E-state index is 13.0. The molecule has 0 unspecified atom stereocenters. The van der Waals surface area contributed by atoms with E-state index in [9.17, 15) is 9.18 Å². The first-order chi connectivity index (χ1) is 15.6. The molecule has 0 spiro atoms. The van der Waals surface area contributed by atoms with E-state index in [1.807, 2.05) is 22.8 Å². The summed E-state index contributed by atoms with van der Waals surface area (Å²) >= 11 is 2.97. The van der Waals surface area contributed by atoms with Crippen molar-refractivity contribution in [2.75, 3.05) is 11.1 Å². The molecule has 4 rings (SSSR count). The van der Waals surface area contributed by atoms with Crippen LogP contribution in [0.25, 0.3) is 22.5 Å². The Morgan fingerprint density at radius 1 is 1.19 bits per heavy atom. The number of hydrogen-bond acceptors (Lipinski definition) is 5. The lowest BCUT2D eigenvalue weighted by atomic mass is 10.0. The van der Waals surface area contributed by atoms with Gasteiger partial charge in [-0.15, -0.1) is 28.1 Å². The molecule has 0 radical (unpaired) electrons. The number of thioether (sulfide) groups is 1. The minimum atomic E-state index is -0.346. The Balaban J connectivity index is 1.57. The second-order valence-corrected chi connectivity index (χ2v) is 9.02. The third-order valence-electron chi connectivity index (χ3n) is 4.77. The number of halogens is 1. The average molecular weight is 465 g/mol. The van der Waals surface area contributed by atoms with Gasteiger partial charge in [0.25, 0.3) is 0 Å². The Hall–Kier alpha value is -3.23. The zero-order valence-electron chi connectivity index (χ0n) is 17.4. The van der Waals surface area contributed by atoms with Crippen molar-refractivity contribution >= 4 is 34.7 Å². The van der Waals surface area contributed by atoms with E-state index in [-0.39, 0.29) is 17.5 Å². The number of amides is 1. The van der Waals surface area contributed by atoms with Crippen LogP contribution in [0, 0.1) is 12.7 Å². The largest absolute Gasteiger partial charge is 0.325 e. The Bertz CT molecular complexity index is 1230. The van der Waals surface area contributed by atoms with E-state index in [4.69, 9.17) is 0 Å². The first-order valence-electron chi connectivity index (χ1n) is 9.93. The Labute approximate surface area is 194 Å². The van der Waals surface area contributed by atoms with Crippen molar-refractivity contribution in [1.29, 1.82) is 0 Å². The number of nitrogens with one attached hydrogen (secondary N) is 1. The Morgan fingerprint density at radius 2 is 1.94 bits per heavy atom. The number of thiophene rings is 1. The summed E-state index contributed by atoms with van der Waals surface area (Å²) in [6.45, 7) is 6.48. The summed E-state index contributed by atoms with van der Waals surface area (Å²) in [4.78, 5) is 13.6. The van der Waals surface area contributed by atoms with Gasteiger partial charge >= 0.3 is 0 Å². The summed E-state index contributed by atoms with van der Waals surface area (Å²) in [5.41, 5.74) is 3.82. The molecule has 1 amide bonds. The smallest absolute Gasteiger partial charge is 0.234 e. The first kappa shape index (κ1) is 22.0. The number of allylic oxidation sites excluding steroid dienone is 1. The van der Waals surface area contributed by atoms with Gasteiger partial charge < -0.3 is 5.32 Å². The van der Waals surface area contributed by atoms with Crippen molar-refractivity contribution in [2.45, 2.75) is 18.6 Å². The van der Waals surface area contributed by atoms with Crippen LogP contribution in [0.2, 0.25) is 0 Å². The van der Waals surface area contributed by atoms with Crippen LogP contribution in [0.15, 0.2) is 77.8 Å². The van der Waals surface area contributed by atoms with E-state index >= 15 is 0 Å². The quantitative estimate of drug-likeness (QED) is 0.255. The van der Waals surface area contributed by atoms with Gasteiger partial charge in [-0.05, 0) is 36.8 Å². The fourth-order valence-electron chi connectivity index (χ4n) is 3.33. The number of hydrogen-bond donors (Lipinski definition) is 1. The molecule has 0 bridgehead atoms. The summed E-state index contributed by atoms with van der Waals surface area (Å²) in [5, 5.41) is 14.3. The van der Waals surface area contributed by atoms with E-state index in [1.165, 1.54) is 40.9 Å². The van der Waals surface area contributed by atoms with Crippen molar-refractivity contribution in [2.24, 2.45) is 0 Å². The van der Waals surface area contributed by atoms with Crippen LogP contribution < -0.4 is 5.32 Å². The molecule has 1 N–H and O–H groups in total. The van der Waals surface area contributed by atoms with Gasteiger partial charge in [0, 0.05) is 33.6 Å². The van der Waals surface area contributed by atoms with Gasteiger partial charge in [-0.25, -0.2) is 4.39 Å². The third-order valence-corrected chi connectivity index (χ3v) is 6.65. The van der Waals surface area contributed by atoms with E-state index in [2.05, 4.69) is 46.5 Å². The third kappa shape index (κ3) is 4.81. The summed E-state index contributed by atoms with van der Waals surface area (Å²) in [5.74, 6) is 0.351. The molecule has 0 saturated carbocycles. The number of aryl methyl sites for hydroxylation is 1. The maximum atomic E-state index is 13.0. The zero-order valence-corrected chi connectivity index (χ0v) is 19.0. The number of rotatable bonds is 8. The summed E-state index contributed by atoms with van der Waals surface area (Å²) in [6.07, 6.45) is 1.79. The van der Waals surface area contributed by atoms with Crippen LogP contribution in [0.3, 0.4) is 0 Å². The summed E-state index contributed by atoms with van der Waals surface area (Å²) in [7, 11) is 0. The highest BCUT2D eigenvalue weighted by molar-refractivity contribution is 7.99. The highest BCUT2D eigenvalue weighted by Crippen LogP contribution is 2.39. The maximum Gasteiger partial charge on any atom is 0.234 e. The summed E-state index contributed by atoms with van der Waals surface area (Å²) in [6, 6.07) is 15.9. The lowest BCUT2D eigenvalue weighted by Gasteiger charge is -2.10. The van der Waals surface area contributed by atoms with E-state index in [0.717, 1.165) is 22.5 Å². The molecule has 2 aromatic carbocycles. The molecular weight excluding hydrogens is 443 g/mol. The summed E-state index contributed by atoms with van der Waals surface area (Å²) < 4.78 is 15.0. The lowest BCUT2D eigenvalue weighted by Crippen LogP contribution is -2.14. The minimum Gasteiger partial charge on any atom is -0.325 e. The average Bonchev–Trinajstić information content (AvgIpc) is 3.37. The number of benzene rings is 2. The van der Waals surface area contributed by atoms with Gasteiger partial charge in [0.05, 0.1) is 5.75 Å². The first-order valence-corrected chi connectivity index (χ1v) is 11.8. The van der Waals surface area contributed by atoms with Crippen LogP contribution in [0.5, 0.6) is 0 Å². The van der Waals surface area contributed by atoms with Crippen LogP contribution in [-0.4, -0.2) is 26.4 Å². The lowest BCUT2D eigenvalue weighted by molar-refractivity contribution is -0.113. The molecule has 0 aliphatic rings. The monoisotopic (exact) mass is 464 g/mol. The number of anilines is 1. The van der Waals surface area contributed by atoms with Gasteiger partial charge in [0.1, 0.15) is 5.82 Å². The molecule has 8 heteroatoms. The normalized spacial score (nSPS) is 10.8. The molecule has 2 aromatic heterocycles. The molecule has 162 valence electrons. The fourth-order valence-corrected chi connectivity index (χ4v) is 4.94. The highest BCUT2D eigenvalue weighted by atomic mass is 32.2. The van der Waals surface area contributed by atoms with Gasteiger partial charge in [-0.2, -0.15) is 0 Å². The van der Waals surface area contributed by atoms with Crippen molar-refractivity contribution in [3.8, 4) is 22.5 Å². The van der Waals surface area contributed by atoms with Crippen molar-refractivity contribution in [3.63, 3.8) is 0 Å². The second-order valence-electron chi connectivity index (χ2n) is 7.00. The predicted octanol–water partition coefficient (Wildman–Crippen LogP) is 6.04. The van der Waals surface area contributed by atoms with Crippen molar-refractivity contribution < 1.29 is 9.18 Å². The van der Waals surface area contributed by atoms with Crippen LogP contribution in [0.1, 0.15) is 4.88 Å². The van der Waals surface area contributed by atoms with Gasteiger partial charge in [0.2, 0.25) is 5.91 Å². The predicted molar refractivity (Wildman–Crippen MR) is 129 cm³/mol. The van der Waals surface area contributed by atoms with E-state index in [0.29, 0.717) is 17.4 Å². The van der Waals surface area contributed by atoms with Crippen molar-refractivity contribution in [3.05, 3.63) is 83.3 Å². The molecule has 0 fully saturated rings. The second kappa shape index (κ2) is 9.93. The standard InChI is InChI=1S/C24H21FN4OS2/c1-3-13-29-23(20-14-31-16(2)22(20)17-7-5-4-6-8-17)27-28-24(29)32-15-21(30)26-19-11-9-18(25)10-12-19/h3-12,14H,1,13,15H2,2H3,(H,26,30). The number of carbonyl (C=O) groups excluding carboxylic acids is 1. The SMILES string of the molecule is C=CCn1c(SCC(=O)Nc2ccc(F)cc2)nnc1-c1csc(C)c1-c1ccccc1. The molecule has 32 heavy (non-hydrogen) atoms. The van der Waals surface area contributed by atoms with Gasteiger partial charge in [0.15, 0.2) is 11.0 Å². The van der Waals surface area contributed by atoms with Crippen LogP contribution >= 0.6 is 23.1 Å². The molecule has 2 heterocycles. The van der Waals surface area contributed by atoms with E-state index < -0.39 is 0 Å². The molecule has 0 aliphatic heterocycles. The molecule has 0 saturated heterocycles. The Morgan fingerprint density at radius 3 is 2.66 bits per heavy atom. The Kier molecular flexibility index (Phi) is 6.82. The molecule has 5 nitrogen and oxygen atoms in total. The number of aromatic nitrogens is 3. The van der Waals surface area contributed by atoms with Crippen LogP contribution in [0.4, 0.5) is 10.1 Å². The highest BCUT2D eigenvalue weighted by Gasteiger charge is 2.20. The molecule has 4 aromatic rings. The number of carbonyl (C=O) groups is 1. The van der Waals surface area contributed by atoms with E-state index in [1.54, 1.807) is 17.4 Å². The molecular formula is C24H21FN4OS2. The molecule has 0 atom stereocenters. The van der Waals surface area contributed by atoms with Gasteiger partial charge in [-0.1, -0.05) is 48.2 Å². The number of nitrogens with zero attached hydrogens (tertiary/aromatic N) is 3. The van der Waals surface area contributed by atoms with Crippen molar-refractivity contribution in [1.82, 2.24) is 14.8 Å². The topological polar surface area (TPSA) is 59.8 Å². The van der Waals surface area contributed by atoms with Crippen LogP contribution in [-0.2, 0) is 11.3 Å².